The van der Waals surface area contributed by atoms with Gasteiger partial charge < -0.3 is 5.32 Å². The van der Waals surface area contributed by atoms with Crippen molar-refractivity contribution in [1.82, 2.24) is 4.31 Å². The van der Waals surface area contributed by atoms with Gasteiger partial charge in [0.25, 0.3) is 5.91 Å². The van der Waals surface area contributed by atoms with E-state index in [2.05, 4.69) is 21.2 Å². The molecule has 5 nitrogen and oxygen atoms in total. The Balaban J connectivity index is 1.73. The zero-order valence-corrected chi connectivity index (χ0v) is 16.0. The topological polar surface area (TPSA) is 66.5 Å². The number of halogens is 1. The number of piperidine rings is 1. The summed E-state index contributed by atoms with van der Waals surface area (Å²) < 4.78 is 27.7. The number of hydrogen-bond donors (Lipinski definition) is 1. The van der Waals surface area contributed by atoms with Gasteiger partial charge in [0.05, 0.1) is 4.90 Å². The van der Waals surface area contributed by atoms with Crippen LogP contribution in [0.2, 0.25) is 0 Å². The van der Waals surface area contributed by atoms with E-state index in [1.807, 2.05) is 12.1 Å². The number of rotatable bonds is 4. The summed E-state index contributed by atoms with van der Waals surface area (Å²) in [5.74, 6) is -0.274. The lowest BCUT2D eigenvalue weighted by Gasteiger charge is -2.25. The van der Waals surface area contributed by atoms with Crippen LogP contribution in [0.1, 0.15) is 29.6 Å². The summed E-state index contributed by atoms with van der Waals surface area (Å²) in [5.41, 5.74) is 1.10. The number of carbonyl (C=O) groups is 1. The first-order valence-electron chi connectivity index (χ1n) is 8.14. The molecule has 1 N–H and O–H groups in total. The van der Waals surface area contributed by atoms with E-state index in [-0.39, 0.29) is 10.8 Å². The van der Waals surface area contributed by atoms with Crippen LogP contribution in [-0.4, -0.2) is 31.7 Å². The smallest absolute Gasteiger partial charge is 0.255 e. The SMILES string of the molecule is O=C(Nc1ccc(Br)cc1)c1ccc(S(=O)(=O)N2CCCCC2)cc1. The van der Waals surface area contributed by atoms with E-state index in [4.69, 9.17) is 0 Å². The van der Waals surface area contributed by atoms with Crippen LogP contribution in [0, 0.1) is 0 Å². The second kappa shape index (κ2) is 7.68. The number of sulfonamides is 1. The number of carbonyl (C=O) groups excluding carboxylic acids is 1. The van der Waals surface area contributed by atoms with Gasteiger partial charge in [0.15, 0.2) is 0 Å². The van der Waals surface area contributed by atoms with Gasteiger partial charge in [-0.3, -0.25) is 4.79 Å². The molecule has 2 aromatic carbocycles. The molecule has 1 amide bonds. The molecule has 3 rings (SSSR count). The van der Waals surface area contributed by atoms with Gasteiger partial charge in [0.2, 0.25) is 10.0 Å². The Morgan fingerprint density at radius 3 is 2.12 bits per heavy atom. The summed E-state index contributed by atoms with van der Waals surface area (Å²) in [5, 5.41) is 2.79. The fourth-order valence-corrected chi connectivity index (χ4v) is 4.55. The van der Waals surface area contributed by atoms with Gasteiger partial charge in [0, 0.05) is 28.8 Å². The van der Waals surface area contributed by atoms with Gasteiger partial charge >= 0.3 is 0 Å². The van der Waals surface area contributed by atoms with Crippen LogP contribution in [0.25, 0.3) is 0 Å². The van der Waals surface area contributed by atoms with Crippen molar-refractivity contribution in [3.63, 3.8) is 0 Å². The maximum atomic E-state index is 12.6. The van der Waals surface area contributed by atoms with Crippen molar-refractivity contribution < 1.29 is 13.2 Å². The van der Waals surface area contributed by atoms with Crippen molar-refractivity contribution >= 4 is 37.5 Å². The van der Waals surface area contributed by atoms with Crippen LogP contribution < -0.4 is 5.32 Å². The van der Waals surface area contributed by atoms with Crippen molar-refractivity contribution in [3.05, 3.63) is 58.6 Å². The minimum atomic E-state index is -3.47. The average molecular weight is 423 g/mol. The molecule has 1 aliphatic rings. The molecule has 1 fully saturated rings. The molecule has 25 heavy (non-hydrogen) atoms. The minimum absolute atomic E-state index is 0.231. The highest BCUT2D eigenvalue weighted by Gasteiger charge is 2.25. The largest absolute Gasteiger partial charge is 0.322 e. The molecule has 1 heterocycles. The summed E-state index contributed by atoms with van der Waals surface area (Å²) in [4.78, 5) is 12.5. The van der Waals surface area contributed by atoms with Crippen molar-refractivity contribution in [2.24, 2.45) is 0 Å². The van der Waals surface area contributed by atoms with Crippen molar-refractivity contribution in [2.45, 2.75) is 24.2 Å². The first-order valence-corrected chi connectivity index (χ1v) is 10.4. The number of benzene rings is 2. The molecule has 0 bridgehead atoms. The zero-order valence-electron chi connectivity index (χ0n) is 13.6. The fraction of sp³-hybridized carbons (Fsp3) is 0.278. The average Bonchev–Trinajstić information content (AvgIpc) is 2.64. The van der Waals surface area contributed by atoms with E-state index >= 15 is 0 Å². The summed E-state index contributed by atoms with van der Waals surface area (Å²) in [6.07, 6.45) is 2.86. The Labute approximate surface area is 156 Å². The molecular weight excluding hydrogens is 404 g/mol. The van der Waals surface area contributed by atoms with Gasteiger partial charge in [-0.15, -0.1) is 0 Å². The van der Waals surface area contributed by atoms with Gasteiger partial charge in [-0.2, -0.15) is 4.31 Å². The monoisotopic (exact) mass is 422 g/mol. The minimum Gasteiger partial charge on any atom is -0.322 e. The number of nitrogens with zero attached hydrogens (tertiary/aromatic N) is 1. The molecule has 0 saturated carbocycles. The van der Waals surface area contributed by atoms with Crippen molar-refractivity contribution in [2.75, 3.05) is 18.4 Å². The molecule has 1 saturated heterocycles. The van der Waals surface area contributed by atoms with E-state index in [0.717, 1.165) is 23.7 Å². The maximum absolute atomic E-state index is 12.6. The number of anilines is 1. The van der Waals surface area contributed by atoms with Gasteiger partial charge in [-0.1, -0.05) is 22.4 Å². The lowest BCUT2D eigenvalue weighted by atomic mass is 10.2. The number of amides is 1. The second-order valence-electron chi connectivity index (χ2n) is 5.95. The molecule has 0 spiro atoms. The lowest BCUT2D eigenvalue weighted by Crippen LogP contribution is -2.35. The third-order valence-corrected chi connectivity index (χ3v) is 6.61. The van der Waals surface area contributed by atoms with E-state index < -0.39 is 10.0 Å². The standard InChI is InChI=1S/C18H19BrN2O3S/c19-15-6-8-16(9-7-15)20-18(22)14-4-10-17(11-5-14)25(23,24)21-12-2-1-3-13-21/h4-11H,1-3,12-13H2,(H,20,22). The Morgan fingerprint density at radius 2 is 1.52 bits per heavy atom. The third-order valence-electron chi connectivity index (χ3n) is 4.17. The van der Waals surface area contributed by atoms with Crippen LogP contribution in [-0.2, 0) is 10.0 Å². The third kappa shape index (κ3) is 4.29. The molecule has 0 radical (unpaired) electrons. The highest BCUT2D eigenvalue weighted by molar-refractivity contribution is 9.10. The van der Waals surface area contributed by atoms with Crippen LogP contribution >= 0.6 is 15.9 Å². The highest BCUT2D eigenvalue weighted by atomic mass is 79.9. The molecule has 0 unspecified atom stereocenters. The Kier molecular flexibility index (Phi) is 5.56. The van der Waals surface area contributed by atoms with E-state index in [1.165, 1.54) is 16.4 Å². The Hall–Kier alpha value is -1.70. The number of hydrogen-bond acceptors (Lipinski definition) is 3. The lowest BCUT2D eigenvalue weighted by molar-refractivity contribution is 0.102. The summed E-state index contributed by atoms with van der Waals surface area (Å²) in [6.45, 7) is 1.13. The predicted molar refractivity (Wildman–Crippen MR) is 101 cm³/mol. The molecule has 7 heteroatoms. The van der Waals surface area contributed by atoms with E-state index in [0.29, 0.717) is 24.3 Å². The quantitative estimate of drug-likeness (QED) is 0.812. The molecule has 0 aromatic heterocycles. The van der Waals surface area contributed by atoms with Gasteiger partial charge in [-0.05, 0) is 61.4 Å². The molecular formula is C18H19BrN2O3S. The molecule has 1 aliphatic heterocycles. The van der Waals surface area contributed by atoms with Gasteiger partial charge in [0.1, 0.15) is 0 Å². The molecule has 2 aromatic rings. The Morgan fingerprint density at radius 1 is 0.920 bits per heavy atom. The maximum Gasteiger partial charge on any atom is 0.255 e. The first kappa shape index (κ1) is 18.1. The molecule has 0 atom stereocenters. The fourth-order valence-electron chi connectivity index (χ4n) is 2.77. The first-order chi connectivity index (χ1) is 12.0. The number of nitrogens with one attached hydrogen (secondary N) is 1. The van der Waals surface area contributed by atoms with Crippen LogP contribution in [0.15, 0.2) is 57.9 Å². The summed E-state index contributed by atoms with van der Waals surface area (Å²) in [7, 11) is -3.47. The van der Waals surface area contributed by atoms with Crippen molar-refractivity contribution in [3.8, 4) is 0 Å². The summed E-state index contributed by atoms with van der Waals surface area (Å²) in [6, 6.07) is 13.3. The molecule has 132 valence electrons. The van der Waals surface area contributed by atoms with Gasteiger partial charge in [-0.25, -0.2) is 8.42 Å². The normalized spacial score (nSPS) is 15.7. The zero-order chi connectivity index (χ0) is 17.9. The second-order valence-corrected chi connectivity index (χ2v) is 8.80. The summed E-state index contributed by atoms with van der Waals surface area (Å²) >= 11 is 3.34. The van der Waals surface area contributed by atoms with E-state index in [1.54, 1.807) is 24.3 Å². The molecule has 0 aliphatic carbocycles. The van der Waals surface area contributed by atoms with Crippen LogP contribution in [0.3, 0.4) is 0 Å². The van der Waals surface area contributed by atoms with Crippen LogP contribution in [0.4, 0.5) is 5.69 Å². The van der Waals surface area contributed by atoms with Crippen LogP contribution in [0.5, 0.6) is 0 Å². The highest BCUT2D eigenvalue weighted by Crippen LogP contribution is 2.21. The predicted octanol–water partition coefficient (Wildman–Crippen LogP) is 3.88. The Bertz CT molecular complexity index is 843. The van der Waals surface area contributed by atoms with Crippen molar-refractivity contribution in [1.29, 1.82) is 0 Å². The van der Waals surface area contributed by atoms with E-state index in [9.17, 15) is 13.2 Å².